The van der Waals surface area contributed by atoms with E-state index in [1.807, 2.05) is 16.7 Å². The quantitative estimate of drug-likeness (QED) is 0.793. The van der Waals surface area contributed by atoms with E-state index in [-0.39, 0.29) is 10.7 Å². The average Bonchev–Trinajstić information content (AvgIpc) is 2.43. The molecule has 0 unspecified atom stereocenters. The maximum atomic E-state index is 12.5. The number of pyridine rings is 1. The van der Waals surface area contributed by atoms with Crippen LogP contribution in [-0.4, -0.2) is 45.9 Å². The summed E-state index contributed by atoms with van der Waals surface area (Å²) in [5.41, 5.74) is 6.67. The third-order valence-corrected chi connectivity index (χ3v) is 4.33. The maximum absolute atomic E-state index is 12.5. The molecule has 1 fully saturated rings. The Morgan fingerprint density at radius 3 is 3.05 bits per heavy atom. The molecule has 4 nitrogen and oxygen atoms in total. The molecule has 2 rings (SSSR count). The SMILES string of the molecule is CC1(C)CN(C(=O)c2cncc(C#CCN)c2)CCS1. The minimum Gasteiger partial charge on any atom is -0.336 e. The van der Waals surface area contributed by atoms with Gasteiger partial charge in [0.25, 0.3) is 5.91 Å². The average molecular weight is 289 g/mol. The summed E-state index contributed by atoms with van der Waals surface area (Å²) < 4.78 is 0.109. The van der Waals surface area contributed by atoms with Crippen molar-refractivity contribution in [3.63, 3.8) is 0 Å². The first-order valence-electron chi connectivity index (χ1n) is 6.59. The van der Waals surface area contributed by atoms with Gasteiger partial charge in [-0.2, -0.15) is 11.8 Å². The highest BCUT2D eigenvalue weighted by molar-refractivity contribution is 8.00. The van der Waals surface area contributed by atoms with Gasteiger partial charge in [-0.05, 0) is 19.9 Å². The Hall–Kier alpha value is -1.51. The van der Waals surface area contributed by atoms with Crippen molar-refractivity contribution in [3.05, 3.63) is 29.6 Å². The van der Waals surface area contributed by atoms with Crippen molar-refractivity contribution in [2.75, 3.05) is 25.4 Å². The second-order valence-electron chi connectivity index (χ2n) is 5.30. The van der Waals surface area contributed by atoms with Gasteiger partial charge in [-0.25, -0.2) is 0 Å². The fraction of sp³-hybridized carbons (Fsp3) is 0.467. The molecule has 0 aromatic carbocycles. The van der Waals surface area contributed by atoms with Crippen LogP contribution in [0.2, 0.25) is 0 Å². The summed E-state index contributed by atoms with van der Waals surface area (Å²) in [6.45, 7) is 6.17. The predicted octanol–water partition coefficient (Wildman–Crippen LogP) is 1.36. The summed E-state index contributed by atoms with van der Waals surface area (Å²) in [6, 6.07) is 1.78. The van der Waals surface area contributed by atoms with Gasteiger partial charge < -0.3 is 10.6 Å². The Kier molecular flexibility index (Phi) is 4.69. The number of carbonyl (C=O) groups excluding carboxylic acids is 1. The molecule has 0 atom stereocenters. The highest BCUT2D eigenvalue weighted by Crippen LogP contribution is 2.30. The van der Waals surface area contributed by atoms with E-state index in [2.05, 4.69) is 30.7 Å². The first kappa shape index (κ1) is 14.9. The van der Waals surface area contributed by atoms with Gasteiger partial charge in [0, 0.05) is 41.5 Å². The second kappa shape index (κ2) is 6.29. The van der Waals surface area contributed by atoms with Crippen LogP contribution in [0.5, 0.6) is 0 Å². The minimum absolute atomic E-state index is 0.0299. The molecular weight excluding hydrogens is 270 g/mol. The maximum Gasteiger partial charge on any atom is 0.255 e. The van der Waals surface area contributed by atoms with E-state index in [0.29, 0.717) is 12.1 Å². The molecule has 2 heterocycles. The van der Waals surface area contributed by atoms with Crippen molar-refractivity contribution in [1.29, 1.82) is 0 Å². The molecule has 0 aliphatic carbocycles. The van der Waals surface area contributed by atoms with Gasteiger partial charge in [-0.3, -0.25) is 9.78 Å². The number of rotatable bonds is 1. The lowest BCUT2D eigenvalue weighted by Crippen LogP contribution is -2.46. The molecule has 1 aliphatic rings. The van der Waals surface area contributed by atoms with E-state index in [0.717, 1.165) is 24.4 Å². The molecule has 20 heavy (non-hydrogen) atoms. The first-order chi connectivity index (χ1) is 9.52. The molecule has 0 spiro atoms. The zero-order valence-corrected chi connectivity index (χ0v) is 12.7. The van der Waals surface area contributed by atoms with Crippen LogP contribution in [0.4, 0.5) is 0 Å². The van der Waals surface area contributed by atoms with Crippen LogP contribution in [-0.2, 0) is 0 Å². The zero-order valence-electron chi connectivity index (χ0n) is 11.8. The van der Waals surface area contributed by atoms with Gasteiger partial charge in [0.1, 0.15) is 0 Å². The van der Waals surface area contributed by atoms with Crippen molar-refractivity contribution >= 4 is 17.7 Å². The lowest BCUT2D eigenvalue weighted by Gasteiger charge is -2.37. The van der Waals surface area contributed by atoms with E-state index >= 15 is 0 Å². The Morgan fingerprint density at radius 1 is 1.55 bits per heavy atom. The summed E-state index contributed by atoms with van der Waals surface area (Å²) in [6.07, 6.45) is 3.25. The summed E-state index contributed by atoms with van der Waals surface area (Å²) in [5, 5.41) is 0. The van der Waals surface area contributed by atoms with Gasteiger partial charge >= 0.3 is 0 Å². The molecule has 0 saturated carbocycles. The molecule has 1 aliphatic heterocycles. The van der Waals surface area contributed by atoms with Crippen molar-refractivity contribution < 1.29 is 4.79 Å². The van der Waals surface area contributed by atoms with Crippen molar-refractivity contribution in [3.8, 4) is 11.8 Å². The van der Waals surface area contributed by atoms with Crippen LogP contribution >= 0.6 is 11.8 Å². The number of nitrogens with zero attached hydrogens (tertiary/aromatic N) is 2. The number of carbonyl (C=O) groups is 1. The Morgan fingerprint density at radius 2 is 2.35 bits per heavy atom. The highest BCUT2D eigenvalue weighted by Gasteiger charge is 2.30. The van der Waals surface area contributed by atoms with Crippen LogP contribution < -0.4 is 5.73 Å². The standard InChI is InChI=1S/C15H19N3OS/c1-15(2)11-18(6-7-20-15)14(19)13-8-12(4-3-5-16)9-17-10-13/h8-10H,5-7,11,16H2,1-2H3. The van der Waals surface area contributed by atoms with Gasteiger partial charge in [-0.1, -0.05) is 11.8 Å². The molecule has 1 amide bonds. The largest absolute Gasteiger partial charge is 0.336 e. The fourth-order valence-electron chi connectivity index (χ4n) is 2.15. The number of hydrogen-bond donors (Lipinski definition) is 1. The van der Waals surface area contributed by atoms with Crippen LogP contribution in [0.3, 0.4) is 0 Å². The monoisotopic (exact) mass is 289 g/mol. The number of aromatic nitrogens is 1. The van der Waals surface area contributed by atoms with Crippen molar-refractivity contribution in [2.24, 2.45) is 5.73 Å². The lowest BCUT2D eigenvalue weighted by molar-refractivity contribution is 0.0747. The van der Waals surface area contributed by atoms with E-state index in [1.165, 1.54) is 0 Å². The summed E-state index contributed by atoms with van der Waals surface area (Å²) >= 11 is 1.91. The number of hydrogen-bond acceptors (Lipinski definition) is 4. The second-order valence-corrected chi connectivity index (χ2v) is 7.11. The zero-order chi connectivity index (χ0) is 14.6. The molecular formula is C15H19N3OS. The van der Waals surface area contributed by atoms with Gasteiger partial charge in [0.15, 0.2) is 0 Å². The topological polar surface area (TPSA) is 59.2 Å². The smallest absolute Gasteiger partial charge is 0.255 e. The summed E-state index contributed by atoms with van der Waals surface area (Å²) in [5.74, 6) is 6.68. The lowest BCUT2D eigenvalue weighted by atomic mass is 10.1. The van der Waals surface area contributed by atoms with Gasteiger partial charge in [0.2, 0.25) is 0 Å². The molecule has 1 aromatic rings. The highest BCUT2D eigenvalue weighted by atomic mass is 32.2. The summed E-state index contributed by atoms with van der Waals surface area (Å²) in [4.78, 5) is 18.5. The molecule has 5 heteroatoms. The third-order valence-electron chi connectivity index (χ3n) is 3.03. The Balaban J connectivity index is 2.16. The Bertz CT molecular complexity index is 560. The van der Waals surface area contributed by atoms with E-state index < -0.39 is 0 Å². The Labute approximate surface area is 124 Å². The van der Waals surface area contributed by atoms with Crippen LogP contribution in [0.15, 0.2) is 18.5 Å². The van der Waals surface area contributed by atoms with Crippen molar-refractivity contribution in [1.82, 2.24) is 9.88 Å². The fourth-order valence-corrected chi connectivity index (χ4v) is 3.26. The number of nitrogens with two attached hydrogens (primary N) is 1. The molecule has 2 N–H and O–H groups in total. The van der Waals surface area contributed by atoms with Gasteiger partial charge in [0.05, 0.1) is 12.1 Å². The minimum atomic E-state index is 0.0299. The van der Waals surface area contributed by atoms with Gasteiger partial charge in [-0.15, -0.1) is 0 Å². The molecule has 1 aromatic heterocycles. The third kappa shape index (κ3) is 3.75. The van der Waals surface area contributed by atoms with E-state index in [1.54, 1.807) is 18.5 Å². The summed E-state index contributed by atoms with van der Waals surface area (Å²) in [7, 11) is 0. The van der Waals surface area contributed by atoms with Crippen LogP contribution in [0.1, 0.15) is 29.8 Å². The first-order valence-corrected chi connectivity index (χ1v) is 7.58. The van der Waals surface area contributed by atoms with Crippen LogP contribution in [0.25, 0.3) is 0 Å². The molecule has 0 radical (unpaired) electrons. The van der Waals surface area contributed by atoms with Crippen LogP contribution in [0, 0.1) is 11.8 Å². The number of amides is 1. The van der Waals surface area contributed by atoms with E-state index in [9.17, 15) is 4.79 Å². The normalized spacial score (nSPS) is 17.2. The number of thioether (sulfide) groups is 1. The molecule has 106 valence electrons. The predicted molar refractivity (Wildman–Crippen MR) is 82.6 cm³/mol. The molecule has 1 saturated heterocycles. The van der Waals surface area contributed by atoms with Crippen molar-refractivity contribution in [2.45, 2.75) is 18.6 Å². The van der Waals surface area contributed by atoms with E-state index in [4.69, 9.17) is 5.73 Å². The molecule has 0 bridgehead atoms.